The van der Waals surface area contributed by atoms with Crippen molar-refractivity contribution >= 4 is 21.6 Å². The van der Waals surface area contributed by atoms with Gasteiger partial charge in [0.15, 0.2) is 0 Å². The third-order valence-corrected chi connectivity index (χ3v) is 5.08. The van der Waals surface area contributed by atoms with E-state index in [0.717, 1.165) is 12.0 Å². The first-order valence-corrected chi connectivity index (χ1v) is 10.7. The highest BCUT2D eigenvalue weighted by atomic mass is 32.2. The number of sulfonamides is 1. The van der Waals surface area contributed by atoms with Crippen LogP contribution in [-0.2, 0) is 21.3 Å². The molecular weight excluding hydrogens is 364 g/mol. The van der Waals surface area contributed by atoms with E-state index in [1.165, 1.54) is 10.6 Å². The van der Waals surface area contributed by atoms with Crippen LogP contribution in [0.25, 0.3) is 0 Å². The highest BCUT2D eigenvalue weighted by Gasteiger charge is 2.17. The number of ether oxygens (including phenoxy) is 1. The van der Waals surface area contributed by atoms with Crippen molar-refractivity contribution in [3.05, 3.63) is 65.7 Å². The number of hydrogen-bond donors (Lipinski definition) is 1. The molecule has 146 valence electrons. The molecule has 0 aliphatic carbocycles. The molecule has 2 rings (SSSR count). The Bertz CT molecular complexity index is 821. The van der Waals surface area contributed by atoms with Gasteiger partial charge in [-0.25, -0.2) is 8.42 Å². The van der Waals surface area contributed by atoms with Crippen molar-refractivity contribution in [3.8, 4) is 0 Å². The second-order valence-corrected chi connectivity index (χ2v) is 8.02. The van der Waals surface area contributed by atoms with E-state index in [9.17, 15) is 13.2 Å². The molecule has 0 saturated heterocycles. The Morgan fingerprint density at radius 3 is 2.33 bits per heavy atom. The summed E-state index contributed by atoms with van der Waals surface area (Å²) in [7, 11) is -3.42. The lowest BCUT2D eigenvalue weighted by atomic mass is 10.1. The Labute approximate surface area is 161 Å². The summed E-state index contributed by atoms with van der Waals surface area (Å²) in [5.41, 5.74) is 1.95. The van der Waals surface area contributed by atoms with Gasteiger partial charge in [-0.3, -0.25) is 9.10 Å². The summed E-state index contributed by atoms with van der Waals surface area (Å²) in [4.78, 5) is 12.1. The Balaban J connectivity index is 2.00. The summed E-state index contributed by atoms with van der Waals surface area (Å²) in [6.07, 6.45) is 1.95. The van der Waals surface area contributed by atoms with Crippen LogP contribution < -0.4 is 9.62 Å². The van der Waals surface area contributed by atoms with Gasteiger partial charge >= 0.3 is 0 Å². The van der Waals surface area contributed by atoms with Crippen LogP contribution in [0.5, 0.6) is 0 Å². The summed E-state index contributed by atoms with van der Waals surface area (Å²) in [6, 6.07) is 15.9. The van der Waals surface area contributed by atoms with E-state index in [1.807, 2.05) is 13.0 Å². The minimum Gasteiger partial charge on any atom is -0.382 e. The monoisotopic (exact) mass is 390 g/mol. The van der Waals surface area contributed by atoms with Crippen LogP contribution in [0.1, 0.15) is 29.3 Å². The van der Waals surface area contributed by atoms with Crippen LogP contribution in [0.3, 0.4) is 0 Å². The lowest BCUT2D eigenvalue weighted by molar-refractivity contribution is 0.0944. The molecule has 0 saturated carbocycles. The first-order valence-electron chi connectivity index (χ1n) is 8.89. The molecule has 0 aromatic heterocycles. The van der Waals surface area contributed by atoms with Crippen molar-refractivity contribution in [2.45, 2.75) is 19.9 Å². The van der Waals surface area contributed by atoms with Crippen molar-refractivity contribution in [3.63, 3.8) is 0 Å². The molecule has 0 bridgehead atoms. The third-order valence-electron chi connectivity index (χ3n) is 3.94. The molecule has 1 amide bonds. The van der Waals surface area contributed by atoms with E-state index in [1.54, 1.807) is 48.5 Å². The largest absolute Gasteiger partial charge is 0.382 e. The first kappa shape index (κ1) is 20.9. The highest BCUT2D eigenvalue weighted by Crippen LogP contribution is 2.20. The maximum Gasteiger partial charge on any atom is 0.251 e. The zero-order valence-corrected chi connectivity index (χ0v) is 16.5. The number of hydrogen-bond acceptors (Lipinski definition) is 4. The Kier molecular flexibility index (Phi) is 7.82. The molecule has 0 atom stereocenters. The molecule has 27 heavy (non-hydrogen) atoms. The van der Waals surface area contributed by atoms with Gasteiger partial charge in [-0.15, -0.1) is 0 Å². The van der Waals surface area contributed by atoms with E-state index < -0.39 is 10.0 Å². The summed E-state index contributed by atoms with van der Waals surface area (Å²) in [5.74, 6) is -0.152. The van der Waals surface area contributed by atoms with Crippen molar-refractivity contribution in [1.82, 2.24) is 5.32 Å². The second-order valence-electron chi connectivity index (χ2n) is 6.11. The smallest absolute Gasteiger partial charge is 0.251 e. The number of carbonyl (C=O) groups is 1. The molecule has 0 spiro atoms. The number of benzene rings is 2. The molecule has 2 aromatic carbocycles. The number of para-hydroxylation sites is 1. The molecular formula is C20H26N2O4S. The molecule has 0 unspecified atom stereocenters. The van der Waals surface area contributed by atoms with E-state index >= 15 is 0 Å². The number of nitrogens with one attached hydrogen (secondary N) is 1. The number of nitrogens with zero attached hydrogens (tertiary/aromatic N) is 1. The molecule has 0 heterocycles. The minimum absolute atomic E-state index is 0.152. The average Bonchev–Trinajstić information content (AvgIpc) is 2.66. The molecule has 2 aromatic rings. The van der Waals surface area contributed by atoms with Crippen LogP contribution in [-0.4, -0.2) is 40.3 Å². The Hall–Kier alpha value is -2.38. The maximum absolute atomic E-state index is 12.2. The van der Waals surface area contributed by atoms with E-state index in [4.69, 9.17) is 4.74 Å². The van der Waals surface area contributed by atoms with Crippen LogP contribution in [0.4, 0.5) is 5.69 Å². The topological polar surface area (TPSA) is 75.7 Å². The van der Waals surface area contributed by atoms with Gasteiger partial charge in [0.25, 0.3) is 5.91 Å². The van der Waals surface area contributed by atoms with Crippen molar-refractivity contribution in [2.75, 3.05) is 30.3 Å². The van der Waals surface area contributed by atoms with Gasteiger partial charge in [0.2, 0.25) is 10.0 Å². The lowest BCUT2D eigenvalue weighted by Gasteiger charge is -2.22. The van der Waals surface area contributed by atoms with Crippen molar-refractivity contribution in [1.29, 1.82) is 0 Å². The zero-order chi connectivity index (χ0) is 19.7. The average molecular weight is 391 g/mol. The summed E-state index contributed by atoms with van der Waals surface area (Å²) < 4.78 is 30.9. The predicted molar refractivity (Wildman–Crippen MR) is 107 cm³/mol. The molecule has 0 aliphatic rings. The lowest BCUT2D eigenvalue weighted by Crippen LogP contribution is -2.29. The predicted octanol–water partition coefficient (Wildman–Crippen LogP) is 2.81. The molecule has 1 N–H and O–H groups in total. The SMILES string of the molecule is CCOCCCNC(=O)c1ccc(CN(c2ccccc2)S(C)(=O)=O)cc1. The Morgan fingerprint density at radius 2 is 1.74 bits per heavy atom. The quantitative estimate of drug-likeness (QED) is 0.633. The number of rotatable bonds is 10. The van der Waals surface area contributed by atoms with Crippen molar-refractivity contribution in [2.24, 2.45) is 0 Å². The van der Waals surface area contributed by atoms with Gasteiger partial charge in [-0.1, -0.05) is 30.3 Å². The zero-order valence-electron chi connectivity index (χ0n) is 15.7. The fourth-order valence-corrected chi connectivity index (χ4v) is 3.43. The molecule has 7 heteroatoms. The van der Waals surface area contributed by atoms with Crippen LogP contribution >= 0.6 is 0 Å². The number of anilines is 1. The Morgan fingerprint density at radius 1 is 1.07 bits per heavy atom. The molecule has 0 radical (unpaired) electrons. The van der Waals surface area contributed by atoms with E-state index in [0.29, 0.717) is 31.0 Å². The molecule has 6 nitrogen and oxygen atoms in total. The van der Waals surface area contributed by atoms with Gasteiger partial charge in [-0.2, -0.15) is 0 Å². The van der Waals surface area contributed by atoms with E-state index in [-0.39, 0.29) is 12.5 Å². The van der Waals surface area contributed by atoms with Gasteiger partial charge in [0, 0.05) is 25.3 Å². The second kappa shape index (κ2) is 10.1. The molecule has 0 aliphatic heterocycles. The van der Waals surface area contributed by atoms with Crippen LogP contribution in [0, 0.1) is 0 Å². The van der Waals surface area contributed by atoms with Gasteiger partial charge < -0.3 is 10.1 Å². The standard InChI is InChI=1S/C20H26N2O4S/c1-3-26-15-7-14-21-20(23)18-12-10-17(11-13-18)16-22(27(2,24)25)19-8-5-4-6-9-19/h4-6,8-13H,3,7,14-16H2,1-2H3,(H,21,23). The van der Waals surface area contributed by atoms with Crippen LogP contribution in [0.2, 0.25) is 0 Å². The third kappa shape index (κ3) is 6.69. The minimum atomic E-state index is -3.42. The number of amides is 1. The summed E-state index contributed by atoms with van der Waals surface area (Å²) in [5, 5.41) is 2.84. The molecule has 0 fully saturated rings. The maximum atomic E-state index is 12.2. The highest BCUT2D eigenvalue weighted by molar-refractivity contribution is 7.92. The summed E-state index contributed by atoms with van der Waals surface area (Å²) >= 11 is 0. The fraction of sp³-hybridized carbons (Fsp3) is 0.350. The first-order chi connectivity index (χ1) is 12.9. The summed E-state index contributed by atoms with van der Waals surface area (Å²) in [6.45, 7) is 3.98. The van der Waals surface area contributed by atoms with Crippen molar-refractivity contribution < 1.29 is 17.9 Å². The number of carbonyl (C=O) groups excluding carboxylic acids is 1. The van der Waals surface area contributed by atoms with Crippen LogP contribution in [0.15, 0.2) is 54.6 Å². The van der Waals surface area contributed by atoms with Gasteiger partial charge in [0.1, 0.15) is 0 Å². The fourth-order valence-electron chi connectivity index (χ4n) is 2.54. The van der Waals surface area contributed by atoms with E-state index in [2.05, 4.69) is 5.32 Å². The van der Waals surface area contributed by atoms with Gasteiger partial charge in [-0.05, 0) is 43.2 Å². The normalized spacial score (nSPS) is 11.2. The van der Waals surface area contributed by atoms with Gasteiger partial charge in [0.05, 0.1) is 18.5 Å².